The molecule has 0 radical (unpaired) electrons. The van der Waals surface area contributed by atoms with Crippen LogP contribution in [0.3, 0.4) is 0 Å². The van der Waals surface area contributed by atoms with Gasteiger partial charge in [0.25, 0.3) is 0 Å². The highest BCUT2D eigenvalue weighted by atomic mass is 35.5. The average Bonchev–Trinajstić information content (AvgIpc) is 2.46. The van der Waals surface area contributed by atoms with Gasteiger partial charge in [0.2, 0.25) is 0 Å². The summed E-state index contributed by atoms with van der Waals surface area (Å²) in [5.41, 5.74) is 6.85. The second-order valence-electron chi connectivity index (χ2n) is 4.04. The SMILES string of the molecule is CSc1ccccc1OC(CN)c1ccc(Cl)cc1. The Bertz CT molecular complexity index is 530. The highest BCUT2D eigenvalue weighted by molar-refractivity contribution is 7.98. The van der Waals surface area contributed by atoms with E-state index in [9.17, 15) is 0 Å². The first kappa shape index (κ1) is 14.3. The van der Waals surface area contributed by atoms with E-state index < -0.39 is 0 Å². The Morgan fingerprint density at radius 3 is 2.47 bits per heavy atom. The molecule has 0 heterocycles. The molecule has 0 aliphatic heterocycles. The monoisotopic (exact) mass is 293 g/mol. The van der Waals surface area contributed by atoms with Crippen molar-refractivity contribution in [2.75, 3.05) is 12.8 Å². The summed E-state index contributed by atoms with van der Waals surface area (Å²) in [5, 5.41) is 0.712. The Hall–Kier alpha value is -1.16. The van der Waals surface area contributed by atoms with Gasteiger partial charge in [-0.15, -0.1) is 11.8 Å². The van der Waals surface area contributed by atoms with Gasteiger partial charge in [-0.3, -0.25) is 0 Å². The van der Waals surface area contributed by atoms with Crippen molar-refractivity contribution in [3.05, 3.63) is 59.1 Å². The van der Waals surface area contributed by atoms with E-state index in [1.54, 1.807) is 11.8 Å². The van der Waals surface area contributed by atoms with Crippen LogP contribution in [0.2, 0.25) is 5.02 Å². The zero-order valence-electron chi connectivity index (χ0n) is 10.7. The lowest BCUT2D eigenvalue weighted by Gasteiger charge is -2.19. The Morgan fingerprint density at radius 2 is 1.84 bits per heavy atom. The Kier molecular flexibility index (Phi) is 5.14. The van der Waals surface area contributed by atoms with Crippen molar-refractivity contribution in [3.63, 3.8) is 0 Å². The number of hydrogen-bond donors (Lipinski definition) is 1. The Balaban J connectivity index is 2.21. The summed E-state index contributed by atoms with van der Waals surface area (Å²) < 4.78 is 6.02. The second-order valence-corrected chi connectivity index (χ2v) is 5.33. The quantitative estimate of drug-likeness (QED) is 0.842. The number of thioether (sulfide) groups is 1. The van der Waals surface area contributed by atoms with E-state index in [1.807, 2.05) is 54.8 Å². The van der Waals surface area contributed by atoms with Crippen molar-refractivity contribution in [1.82, 2.24) is 0 Å². The highest BCUT2D eigenvalue weighted by Crippen LogP contribution is 2.31. The van der Waals surface area contributed by atoms with Crippen LogP contribution in [0.4, 0.5) is 0 Å². The van der Waals surface area contributed by atoms with E-state index in [0.717, 1.165) is 16.2 Å². The molecule has 1 unspecified atom stereocenters. The van der Waals surface area contributed by atoms with Crippen molar-refractivity contribution < 1.29 is 4.74 Å². The molecule has 0 fully saturated rings. The smallest absolute Gasteiger partial charge is 0.136 e. The Morgan fingerprint density at radius 1 is 1.16 bits per heavy atom. The maximum absolute atomic E-state index is 6.02. The van der Waals surface area contributed by atoms with E-state index >= 15 is 0 Å². The van der Waals surface area contributed by atoms with Crippen LogP contribution in [0, 0.1) is 0 Å². The number of rotatable bonds is 5. The van der Waals surface area contributed by atoms with Crippen LogP contribution in [-0.2, 0) is 0 Å². The van der Waals surface area contributed by atoms with Crippen molar-refractivity contribution in [3.8, 4) is 5.75 Å². The first-order chi connectivity index (χ1) is 9.24. The van der Waals surface area contributed by atoms with Crippen molar-refractivity contribution in [1.29, 1.82) is 0 Å². The lowest BCUT2D eigenvalue weighted by Crippen LogP contribution is -2.18. The van der Waals surface area contributed by atoms with Gasteiger partial charge < -0.3 is 10.5 Å². The van der Waals surface area contributed by atoms with Crippen molar-refractivity contribution >= 4 is 23.4 Å². The minimum atomic E-state index is -0.162. The molecule has 2 aromatic rings. The van der Waals surface area contributed by atoms with E-state index in [0.29, 0.717) is 11.6 Å². The molecule has 1 atom stereocenters. The molecule has 0 spiro atoms. The van der Waals surface area contributed by atoms with Crippen LogP contribution >= 0.6 is 23.4 Å². The lowest BCUT2D eigenvalue weighted by atomic mass is 10.1. The molecule has 0 aliphatic carbocycles. The van der Waals surface area contributed by atoms with Gasteiger partial charge in [-0.2, -0.15) is 0 Å². The number of benzene rings is 2. The van der Waals surface area contributed by atoms with Crippen molar-refractivity contribution in [2.45, 2.75) is 11.0 Å². The summed E-state index contributed by atoms with van der Waals surface area (Å²) in [6, 6.07) is 15.6. The second kappa shape index (κ2) is 6.85. The molecule has 0 aromatic heterocycles. The molecule has 2 aromatic carbocycles. The summed E-state index contributed by atoms with van der Waals surface area (Å²) in [6.45, 7) is 0.421. The first-order valence-electron chi connectivity index (χ1n) is 6.00. The van der Waals surface area contributed by atoms with E-state index in [4.69, 9.17) is 22.1 Å². The fourth-order valence-corrected chi connectivity index (χ4v) is 2.46. The lowest BCUT2D eigenvalue weighted by molar-refractivity contribution is 0.209. The largest absolute Gasteiger partial charge is 0.483 e. The zero-order valence-corrected chi connectivity index (χ0v) is 12.2. The molecule has 19 heavy (non-hydrogen) atoms. The maximum atomic E-state index is 6.02. The third kappa shape index (κ3) is 3.66. The predicted molar refractivity (Wildman–Crippen MR) is 82.1 cm³/mol. The van der Waals surface area contributed by atoms with Gasteiger partial charge in [0.05, 0.1) is 0 Å². The fraction of sp³-hybridized carbons (Fsp3) is 0.200. The third-order valence-electron chi connectivity index (χ3n) is 2.79. The molecule has 0 saturated heterocycles. The molecule has 4 heteroatoms. The standard InChI is InChI=1S/C15H16ClNOS/c1-19-15-5-3-2-4-13(15)18-14(10-17)11-6-8-12(16)9-7-11/h2-9,14H,10,17H2,1H3. The minimum absolute atomic E-state index is 0.162. The number of halogens is 1. The summed E-state index contributed by atoms with van der Waals surface area (Å²) in [7, 11) is 0. The van der Waals surface area contributed by atoms with Gasteiger partial charge in [0.15, 0.2) is 0 Å². The molecule has 0 amide bonds. The van der Waals surface area contributed by atoms with Gasteiger partial charge in [-0.05, 0) is 36.1 Å². The fourth-order valence-electron chi connectivity index (χ4n) is 1.80. The number of ether oxygens (including phenoxy) is 1. The highest BCUT2D eigenvalue weighted by Gasteiger charge is 2.13. The van der Waals surface area contributed by atoms with Crippen LogP contribution in [0.1, 0.15) is 11.7 Å². The molecule has 0 aliphatic rings. The van der Waals surface area contributed by atoms with Crippen LogP contribution in [0.25, 0.3) is 0 Å². The molecule has 2 nitrogen and oxygen atoms in total. The number of nitrogens with two attached hydrogens (primary N) is 1. The molecule has 0 bridgehead atoms. The molecule has 100 valence electrons. The molecule has 2 N–H and O–H groups in total. The summed E-state index contributed by atoms with van der Waals surface area (Å²) in [5.74, 6) is 0.861. The minimum Gasteiger partial charge on any atom is -0.483 e. The first-order valence-corrected chi connectivity index (χ1v) is 7.60. The van der Waals surface area contributed by atoms with Gasteiger partial charge in [0, 0.05) is 16.5 Å². The average molecular weight is 294 g/mol. The maximum Gasteiger partial charge on any atom is 0.136 e. The van der Waals surface area contributed by atoms with E-state index in [1.165, 1.54) is 0 Å². The van der Waals surface area contributed by atoms with Crippen LogP contribution in [0.5, 0.6) is 5.75 Å². The predicted octanol–water partition coefficient (Wildman–Crippen LogP) is 4.14. The topological polar surface area (TPSA) is 35.2 Å². The van der Waals surface area contributed by atoms with Gasteiger partial charge in [0.1, 0.15) is 11.9 Å². The Labute approximate surface area is 122 Å². The molecule has 0 saturated carbocycles. The summed E-state index contributed by atoms with van der Waals surface area (Å²) in [4.78, 5) is 1.11. The normalized spacial score (nSPS) is 12.2. The van der Waals surface area contributed by atoms with Crippen LogP contribution in [0.15, 0.2) is 53.4 Å². The summed E-state index contributed by atoms with van der Waals surface area (Å²) >= 11 is 7.55. The summed E-state index contributed by atoms with van der Waals surface area (Å²) in [6.07, 6.45) is 1.87. The van der Waals surface area contributed by atoms with Crippen LogP contribution < -0.4 is 10.5 Å². The van der Waals surface area contributed by atoms with Gasteiger partial charge in [-0.25, -0.2) is 0 Å². The molecular weight excluding hydrogens is 278 g/mol. The van der Waals surface area contributed by atoms with Crippen molar-refractivity contribution in [2.24, 2.45) is 5.73 Å². The number of hydrogen-bond acceptors (Lipinski definition) is 3. The van der Waals surface area contributed by atoms with Gasteiger partial charge >= 0.3 is 0 Å². The van der Waals surface area contributed by atoms with Crippen LogP contribution in [-0.4, -0.2) is 12.8 Å². The third-order valence-corrected chi connectivity index (χ3v) is 3.82. The van der Waals surface area contributed by atoms with E-state index in [-0.39, 0.29) is 6.10 Å². The van der Waals surface area contributed by atoms with Gasteiger partial charge in [-0.1, -0.05) is 35.9 Å². The molecular formula is C15H16ClNOS. The number of para-hydroxylation sites is 1. The van der Waals surface area contributed by atoms with E-state index in [2.05, 4.69) is 0 Å². The zero-order chi connectivity index (χ0) is 13.7. The molecule has 2 rings (SSSR count).